The number of hydrogen-bond acceptors (Lipinski definition) is 3. The maximum absolute atomic E-state index is 13.6. The maximum Gasteiger partial charge on any atom is 0.167 e. The fourth-order valence-corrected chi connectivity index (χ4v) is 1.31. The van der Waals surface area contributed by atoms with Crippen molar-refractivity contribution >= 4 is 5.69 Å². The monoisotopic (exact) mass is 255 g/mol. The standard InChI is InChI=1S/C14H22FNO2/c1-5-6-17-13-8-14(12(16)7-11(13)15)18-10(4)9(2)3/h7-10H,5-6,16H2,1-4H3. The third-order valence-electron chi connectivity index (χ3n) is 2.78. The van der Waals surface area contributed by atoms with Crippen molar-refractivity contribution in [3.05, 3.63) is 17.9 Å². The normalized spacial score (nSPS) is 12.6. The van der Waals surface area contributed by atoms with Crippen molar-refractivity contribution < 1.29 is 13.9 Å². The zero-order valence-corrected chi connectivity index (χ0v) is 11.5. The first-order valence-electron chi connectivity index (χ1n) is 6.34. The van der Waals surface area contributed by atoms with Crippen molar-refractivity contribution in [3.8, 4) is 11.5 Å². The van der Waals surface area contributed by atoms with E-state index in [4.69, 9.17) is 15.2 Å². The Balaban J connectivity index is 2.90. The molecule has 0 fully saturated rings. The molecular formula is C14H22FNO2. The molecule has 1 atom stereocenters. The molecule has 0 amide bonds. The van der Waals surface area contributed by atoms with Crippen LogP contribution < -0.4 is 15.2 Å². The average Bonchev–Trinajstić information content (AvgIpc) is 2.30. The Bertz CT molecular complexity index is 394. The second-order valence-electron chi connectivity index (χ2n) is 4.74. The van der Waals surface area contributed by atoms with Crippen LogP contribution >= 0.6 is 0 Å². The molecule has 0 heterocycles. The number of benzene rings is 1. The fourth-order valence-electron chi connectivity index (χ4n) is 1.31. The molecule has 0 spiro atoms. The molecule has 0 aromatic heterocycles. The summed E-state index contributed by atoms with van der Waals surface area (Å²) in [4.78, 5) is 0. The van der Waals surface area contributed by atoms with E-state index in [1.54, 1.807) is 0 Å². The van der Waals surface area contributed by atoms with Crippen molar-refractivity contribution in [2.24, 2.45) is 5.92 Å². The molecule has 1 aromatic rings. The molecule has 1 rings (SSSR count). The van der Waals surface area contributed by atoms with E-state index in [-0.39, 0.29) is 11.9 Å². The summed E-state index contributed by atoms with van der Waals surface area (Å²) in [6.45, 7) is 8.51. The molecule has 18 heavy (non-hydrogen) atoms. The predicted molar refractivity (Wildman–Crippen MR) is 71.5 cm³/mol. The van der Waals surface area contributed by atoms with Crippen LogP contribution in [0.25, 0.3) is 0 Å². The van der Waals surface area contributed by atoms with Crippen LogP contribution in [0.1, 0.15) is 34.1 Å². The van der Waals surface area contributed by atoms with Gasteiger partial charge in [-0.3, -0.25) is 0 Å². The summed E-state index contributed by atoms with van der Waals surface area (Å²) in [7, 11) is 0. The summed E-state index contributed by atoms with van der Waals surface area (Å²) in [5.41, 5.74) is 6.04. The van der Waals surface area contributed by atoms with Gasteiger partial charge in [0.05, 0.1) is 18.4 Å². The molecule has 0 saturated carbocycles. The van der Waals surface area contributed by atoms with Crippen LogP contribution in [0.15, 0.2) is 12.1 Å². The maximum atomic E-state index is 13.6. The van der Waals surface area contributed by atoms with Crippen LogP contribution in [-0.4, -0.2) is 12.7 Å². The summed E-state index contributed by atoms with van der Waals surface area (Å²) in [6, 6.07) is 2.77. The van der Waals surface area contributed by atoms with Crippen molar-refractivity contribution in [3.63, 3.8) is 0 Å². The first-order valence-corrected chi connectivity index (χ1v) is 6.34. The minimum atomic E-state index is -0.453. The van der Waals surface area contributed by atoms with Crippen molar-refractivity contribution in [2.75, 3.05) is 12.3 Å². The second kappa shape index (κ2) is 6.47. The lowest BCUT2D eigenvalue weighted by Crippen LogP contribution is -2.19. The summed E-state index contributed by atoms with van der Waals surface area (Å²) in [6.07, 6.45) is 0.833. The molecule has 2 N–H and O–H groups in total. The Morgan fingerprint density at radius 2 is 1.89 bits per heavy atom. The SMILES string of the molecule is CCCOc1cc(OC(C)C(C)C)c(N)cc1F. The fraction of sp³-hybridized carbons (Fsp3) is 0.571. The number of hydrogen-bond donors (Lipinski definition) is 1. The van der Waals surface area contributed by atoms with Gasteiger partial charge in [-0.25, -0.2) is 4.39 Å². The molecule has 102 valence electrons. The molecule has 0 radical (unpaired) electrons. The van der Waals surface area contributed by atoms with E-state index >= 15 is 0 Å². The minimum absolute atomic E-state index is 0.0109. The average molecular weight is 255 g/mol. The Morgan fingerprint density at radius 3 is 2.44 bits per heavy atom. The molecule has 1 aromatic carbocycles. The van der Waals surface area contributed by atoms with E-state index < -0.39 is 5.82 Å². The highest BCUT2D eigenvalue weighted by Crippen LogP contribution is 2.31. The number of anilines is 1. The summed E-state index contributed by atoms with van der Waals surface area (Å²) in [5.74, 6) is 0.570. The van der Waals surface area contributed by atoms with E-state index in [2.05, 4.69) is 13.8 Å². The molecule has 0 aliphatic heterocycles. The first kappa shape index (κ1) is 14.6. The Morgan fingerprint density at radius 1 is 1.22 bits per heavy atom. The highest BCUT2D eigenvalue weighted by Gasteiger charge is 2.14. The lowest BCUT2D eigenvalue weighted by molar-refractivity contribution is 0.170. The Kier molecular flexibility index (Phi) is 5.25. The van der Waals surface area contributed by atoms with Gasteiger partial charge < -0.3 is 15.2 Å². The molecule has 0 saturated heterocycles. The van der Waals surface area contributed by atoms with Gasteiger partial charge in [-0.05, 0) is 19.3 Å². The number of nitrogen functional groups attached to an aromatic ring is 1. The van der Waals surface area contributed by atoms with E-state index in [0.717, 1.165) is 6.42 Å². The lowest BCUT2D eigenvalue weighted by Gasteiger charge is -2.20. The summed E-state index contributed by atoms with van der Waals surface area (Å²) < 4.78 is 24.6. The van der Waals surface area contributed by atoms with E-state index in [1.807, 2.05) is 13.8 Å². The van der Waals surface area contributed by atoms with E-state index in [0.29, 0.717) is 24.0 Å². The van der Waals surface area contributed by atoms with Gasteiger partial charge in [-0.15, -0.1) is 0 Å². The highest BCUT2D eigenvalue weighted by molar-refractivity contribution is 5.56. The third-order valence-corrected chi connectivity index (χ3v) is 2.78. The van der Waals surface area contributed by atoms with Crippen LogP contribution in [0, 0.1) is 11.7 Å². The van der Waals surface area contributed by atoms with E-state index in [1.165, 1.54) is 12.1 Å². The highest BCUT2D eigenvalue weighted by atomic mass is 19.1. The van der Waals surface area contributed by atoms with Gasteiger partial charge in [0, 0.05) is 12.1 Å². The smallest absolute Gasteiger partial charge is 0.167 e. The molecule has 1 unspecified atom stereocenters. The molecular weight excluding hydrogens is 233 g/mol. The summed E-state index contributed by atoms with van der Waals surface area (Å²) >= 11 is 0. The quantitative estimate of drug-likeness (QED) is 0.790. The molecule has 0 aliphatic rings. The zero-order valence-electron chi connectivity index (χ0n) is 11.5. The molecule has 3 nitrogen and oxygen atoms in total. The predicted octanol–water partition coefficient (Wildman–Crippen LogP) is 3.62. The van der Waals surface area contributed by atoms with Gasteiger partial charge in [-0.1, -0.05) is 20.8 Å². The number of nitrogens with two attached hydrogens (primary N) is 1. The van der Waals surface area contributed by atoms with Gasteiger partial charge >= 0.3 is 0 Å². The van der Waals surface area contributed by atoms with Crippen molar-refractivity contribution in [1.29, 1.82) is 0 Å². The van der Waals surface area contributed by atoms with Gasteiger partial charge in [0.1, 0.15) is 5.75 Å². The van der Waals surface area contributed by atoms with Gasteiger partial charge in [0.15, 0.2) is 11.6 Å². The number of rotatable bonds is 6. The Hall–Kier alpha value is -1.45. The second-order valence-corrected chi connectivity index (χ2v) is 4.74. The van der Waals surface area contributed by atoms with Gasteiger partial charge in [-0.2, -0.15) is 0 Å². The molecule has 4 heteroatoms. The largest absolute Gasteiger partial charge is 0.490 e. The van der Waals surface area contributed by atoms with Crippen LogP contribution in [0.5, 0.6) is 11.5 Å². The number of ether oxygens (including phenoxy) is 2. The van der Waals surface area contributed by atoms with Crippen LogP contribution in [0.2, 0.25) is 0 Å². The lowest BCUT2D eigenvalue weighted by atomic mass is 10.1. The summed E-state index contributed by atoms with van der Waals surface area (Å²) in [5, 5.41) is 0. The third kappa shape index (κ3) is 3.79. The van der Waals surface area contributed by atoms with Crippen LogP contribution in [0.4, 0.5) is 10.1 Å². The van der Waals surface area contributed by atoms with Crippen molar-refractivity contribution in [2.45, 2.75) is 40.2 Å². The van der Waals surface area contributed by atoms with Crippen LogP contribution in [-0.2, 0) is 0 Å². The zero-order chi connectivity index (χ0) is 13.7. The molecule has 0 aliphatic carbocycles. The first-order chi connectivity index (χ1) is 8.45. The van der Waals surface area contributed by atoms with Crippen molar-refractivity contribution in [1.82, 2.24) is 0 Å². The number of halogens is 1. The van der Waals surface area contributed by atoms with Gasteiger partial charge in [0.25, 0.3) is 0 Å². The van der Waals surface area contributed by atoms with Gasteiger partial charge in [0.2, 0.25) is 0 Å². The van der Waals surface area contributed by atoms with E-state index in [9.17, 15) is 4.39 Å². The molecule has 0 bridgehead atoms. The minimum Gasteiger partial charge on any atom is -0.490 e. The Labute approximate surface area is 108 Å². The van der Waals surface area contributed by atoms with Crippen LogP contribution in [0.3, 0.4) is 0 Å². The topological polar surface area (TPSA) is 44.5 Å².